The van der Waals surface area contributed by atoms with Crippen LogP contribution >= 0.6 is 48.3 Å². The third-order valence-electron chi connectivity index (χ3n) is 2.45. The molecular weight excluding hydrogens is 299 g/mol. The van der Waals surface area contributed by atoms with Crippen LogP contribution in [-0.2, 0) is 0 Å². The lowest BCUT2D eigenvalue weighted by molar-refractivity contribution is 0.579. The summed E-state index contributed by atoms with van der Waals surface area (Å²) in [6.45, 7) is 3.91. The summed E-state index contributed by atoms with van der Waals surface area (Å²) in [6, 6.07) is 0. The molecule has 0 spiro atoms. The van der Waals surface area contributed by atoms with Gasteiger partial charge in [0.1, 0.15) is 0 Å². The van der Waals surface area contributed by atoms with Crippen molar-refractivity contribution in [2.75, 3.05) is 31.9 Å². The van der Waals surface area contributed by atoms with Gasteiger partial charge < -0.3 is 10.2 Å². The van der Waals surface area contributed by atoms with Crippen LogP contribution in [0.5, 0.6) is 0 Å². The van der Waals surface area contributed by atoms with Crippen LogP contribution in [0.3, 0.4) is 0 Å². The van der Waals surface area contributed by atoms with Crippen molar-refractivity contribution in [2.45, 2.75) is 0 Å². The van der Waals surface area contributed by atoms with Gasteiger partial charge in [0.2, 0.25) is 0 Å². The maximum absolute atomic E-state index is 4.43. The maximum Gasteiger partial charge on any atom is 0.167 e. The third kappa shape index (κ3) is 3.24. The quantitative estimate of drug-likeness (QED) is 0.844. The van der Waals surface area contributed by atoms with E-state index in [2.05, 4.69) is 25.6 Å². The van der Waals surface area contributed by atoms with Gasteiger partial charge in [-0.15, -0.1) is 24.8 Å². The summed E-state index contributed by atoms with van der Waals surface area (Å²) >= 11 is 3.53. The molecule has 0 saturated heterocycles. The number of nitrogens with zero attached hydrogens (tertiary/aromatic N) is 3. The van der Waals surface area contributed by atoms with E-state index >= 15 is 0 Å². The van der Waals surface area contributed by atoms with E-state index in [0.29, 0.717) is 0 Å². The van der Waals surface area contributed by atoms with E-state index in [9.17, 15) is 0 Å². The van der Waals surface area contributed by atoms with Crippen molar-refractivity contribution in [3.63, 3.8) is 0 Å². The molecule has 0 bridgehead atoms. The molecule has 0 unspecified atom stereocenters. The van der Waals surface area contributed by atoms with Gasteiger partial charge in [0.25, 0.3) is 0 Å². The molecule has 0 aliphatic carbocycles. The normalized spacial score (nSPS) is 20.7. The number of thioether (sulfide) groups is 2. The lowest BCUT2D eigenvalue weighted by Gasteiger charge is -2.15. The Bertz CT molecular complexity index is 370. The average molecular weight is 313 g/mol. The van der Waals surface area contributed by atoms with Gasteiger partial charge in [-0.05, 0) is 5.41 Å². The first-order valence-electron chi connectivity index (χ1n) is 5.02. The number of amidine groups is 2. The van der Waals surface area contributed by atoms with Crippen LogP contribution in [0.25, 0.3) is 0 Å². The van der Waals surface area contributed by atoms with E-state index in [1.54, 1.807) is 23.5 Å². The fourth-order valence-electron chi connectivity index (χ4n) is 1.71. The topological polar surface area (TPSA) is 40.0 Å². The summed E-state index contributed by atoms with van der Waals surface area (Å²) in [5.41, 5.74) is 1.37. The summed E-state index contributed by atoms with van der Waals surface area (Å²) in [5.74, 6) is 0.998. The van der Waals surface area contributed by atoms with Gasteiger partial charge in [0, 0.05) is 24.5 Å². The van der Waals surface area contributed by atoms with E-state index in [-0.39, 0.29) is 24.8 Å². The van der Waals surface area contributed by atoms with Crippen LogP contribution < -0.4 is 5.32 Å². The van der Waals surface area contributed by atoms with Crippen LogP contribution in [0.1, 0.15) is 0 Å². The van der Waals surface area contributed by atoms with E-state index < -0.39 is 0 Å². The summed E-state index contributed by atoms with van der Waals surface area (Å²) in [5, 5.41) is 7.74. The molecule has 96 valence electrons. The molecule has 0 amide bonds. The standard InChI is InChI=1S/C9H12N4S2.2ClH/c1-2-11-8(10-1)14-5-7-6-15-9-12-3-4-13(7)9;;/h6H,1-5H2,(H,10,11);2*1H. The first-order chi connectivity index (χ1) is 7.43. The summed E-state index contributed by atoms with van der Waals surface area (Å²) < 4.78 is 0. The van der Waals surface area contributed by atoms with Gasteiger partial charge in [0.15, 0.2) is 10.3 Å². The fourth-order valence-corrected chi connectivity index (χ4v) is 3.68. The van der Waals surface area contributed by atoms with E-state index in [1.807, 2.05) is 0 Å². The largest absolute Gasteiger partial charge is 0.363 e. The Morgan fingerprint density at radius 2 is 2.24 bits per heavy atom. The smallest absolute Gasteiger partial charge is 0.167 e. The fraction of sp³-hybridized carbons (Fsp3) is 0.556. The van der Waals surface area contributed by atoms with Crippen molar-refractivity contribution in [2.24, 2.45) is 9.98 Å². The minimum atomic E-state index is 0. The predicted octanol–water partition coefficient (Wildman–Crippen LogP) is 1.78. The van der Waals surface area contributed by atoms with Crippen LogP contribution in [0.4, 0.5) is 0 Å². The molecule has 3 aliphatic rings. The van der Waals surface area contributed by atoms with Crippen molar-refractivity contribution in [3.05, 3.63) is 11.1 Å². The zero-order chi connectivity index (χ0) is 10.1. The minimum Gasteiger partial charge on any atom is -0.363 e. The van der Waals surface area contributed by atoms with Gasteiger partial charge in [-0.3, -0.25) is 9.98 Å². The second kappa shape index (κ2) is 6.78. The van der Waals surface area contributed by atoms with Crippen LogP contribution in [0, 0.1) is 0 Å². The first-order valence-corrected chi connectivity index (χ1v) is 6.89. The predicted molar refractivity (Wildman–Crippen MR) is 81.9 cm³/mol. The van der Waals surface area contributed by atoms with E-state index in [0.717, 1.165) is 37.1 Å². The zero-order valence-electron chi connectivity index (χ0n) is 9.09. The summed E-state index contributed by atoms with van der Waals surface area (Å²) in [4.78, 5) is 11.1. The Labute approximate surface area is 122 Å². The average Bonchev–Trinajstić information content (AvgIpc) is 2.93. The van der Waals surface area contributed by atoms with Crippen molar-refractivity contribution < 1.29 is 0 Å². The van der Waals surface area contributed by atoms with Gasteiger partial charge in [-0.2, -0.15) is 0 Å². The number of halogens is 2. The second-order valence-electron chi connectivity index (χ2n) is 3.45. The van der Waals surface area contributed by atoms with Gasteiger partial charge >= 0.3 is 0 Å². The molecule has 17 heavy (non-hydrogen) atoms. The van der Waals surface area contributed by atoms with E-state index in [1.165, 1.54) is 10.9 Å². The Balaban J connectivity index is 0.000000722. The number of hydrogen-bond donors (Lipinski definition) is 1. The Morgan fingerprint density at radius 1 is 1.35 bits per heavy atom. The number of aliphatic imine (C=N–C) groups is 2. The monoisotopic (exact) mass is 312 g/mol. The highest BCUT2D eigenvalue weighted by Crippen LogP contribution is 2.31. The highest BCUT2D eigenvalue weighted by molar-refractivity contribution is 8.17. The molecule has 0 fully saturated rings. The van der Waals surface area contributed by atoms with Gasteiger partial charge in [0.05, 0.1) is 13.1 Å². The molecular formula is C9H14Cl2N4S2. The Kier molecular flexibility index (Phi) is 5.99. The summed E-state index contributed by atoms with van der Waals surface area (Å²) in [6.07, 6.45) is 0. The van der Waals surface area contributed by atoms with Crippen molar-refractivity contribution >= 4 is 58.7 Å². The van der Waals surface area contributed by atoms with Crippen LogP contribution in [0.2, 0.25) is 0 Å². The molecule has 1 N–H and O–H groups in total. The van der Waals surface area contributed by atoms with Gasteiger partial charge in [-0.1, -0.05) is 23.5 Å². The Hall–Kier alpha value is -0.0400. The number of hydrogen-bond acceptors (Lipinski definition) is 6. The van der Waals surface area contributed by atoms with Crippen LogP contribution in [-0.4, -0.2) is 47.2 Å². The molecule has 3 rings (SSSR count). The summed E-state index contributed by atoms with van der Waals surface area (Å²) in [7, 11) is 0. The number of nitrogens with one attached hydrogen (secondary N) is 1. The molecule has 0 radical (unpaired) electrons. The molecule has 0 aromatic rings. The highest BCUT2D eigenvalue weighted by Gasteiger charge is 2.26. The van der Waals surface area contributed by atoms with E-state index in [4.69, 9.17) is 0 Å². The lowest BCUT2D eigenvalue weighted by Crippen LogP contribution is -2.23. The zero-order valence-corrected chi connectivity index (χ0v) is 12.4. The Morgan fingerprint density at radius 3 is 3.00 bits per heavy atom. The SMILES string of the molecule is C1=C(CSC2=NCCN2)N2CCN=C2S1.Cl.Cl. The second-order valence-corrected chi connectivity index (χ2v) is 5.25. The van der Waals surface area contributed by atoms with Gasteiger partial charge in [-0.25, -0.2) is 0 Å². The minimum absolute atomic E-state index is 0. The molecule has 0 aromatic heterocycles. The van der Waals surface area contributed by atoms with Crippen molar-refractivity contribution in [1.29, 1.82) is 0 Å². The maximum atomic E-state index is 4.43. The van der Waals surface area contributed by atoms with Crippen molar-refractivity contribution in [3.8, 4) is 0 Å². The first kappa shape index (κ1) is 15.0. The molecule has 8 heteroatoms. The molecule has 0 saturated carbocycles. The molecule has 3 heterocycles. The molecule has 3 aliphatic heterocycles. The number of rotatable bonds is 2. The van der Waals surface area contributed by atoms with Crippen LogP contribution in [0.15, 0.2) is 21.1 Å². The third-order valence-corrected chi connectivity index (χ3v) is 4.39. The molecule has 0 atom stereocenters. The van der Waals surface area contributed by atoms with Crippen molar-refractivity contribution in [1.82, 2.24) is 10.2 Å². The molecule has 0 aromatic carbocycles. The highest BCUT2D eigenvalue weighted by atomic mass is 35.5. The number of fused-ring (bicyclic) bond motifs is 1. The molecule has 4 nitrogen and oxygen atoms in total. The lowest BCUT2D eigenvalue weighted by atomic mass is 10.5.